The van der Waals surface area contributed by atoms with Gasteiger partial charge in [0.25, 0.3) is 0 Å². The zero-order valence-electron chi connectivity index (χ0n) is 15.8. The lowest BCUT2D eigenvalue weighted by Crippen LogP contribution is -2.49. The van der Waals surface area contributed by atoms with Crippen molar-refractivity contribution in [2.45, 2.75) is 20.3 Å². The Labute approximate surface area is 159 Å². The second kappa shape index (κ2) is 7.39. The van der Waals surface area contributed by atoms with Crippen molar-refractivity contribution in [2.24, 2.45) is 0 Å². The Balaban J connectivity index is 1.53. The van der Waals surface area contributed by atoms with E-state index in [2.05, 4.69) is 33.1 Å². The van der Waals surface area contributed by atoms with Crippen molar-refractivity contribution in [1.82, 2.24) is 14.9 Å². The monoisotopic (exact) mass is 364 g/mol. The summed E-state index contributed by atoms with van der Waals surface area (Å²) in [5, 5.41) is 0. The van der Waals surface area contributed by atoms with Crippen molar-refractivity contribution < 1.29 is 9.53 Å². The summed E-state index contributed by atoms with van der Waals surface area (Å²) in [7, 11) is 0. The molecule has 6 heteroatoms. The molecule has 0 bridgehead atoms. The number of anilines is 1. The second-order valence-electron chi connectivity index (χ2n) is 6.90. The molecule has 4 rings (SSSR count). The Morgan fingerprint density at radius 2 is 1.96 bits per heavy atom. The Kier molecular flexibility index (Phi) is 4.79. The lowest BCUT2D eigenvalue weighted by atomic mass is 10.1. The molecule has 0 aromatic carbocycles. The number of amides is 1. The number of aryl methyl sites for hydroxylation is 1. The van der Waals surface area contributed by atoms with E-state index < -0.39 is 0 Å². The summed E-state index contributed by atoms with van der Waals surface area (Å²) in [6.45, 7) is 7.19. The minimum absolute atomic E-state index is 0.217. The number of piperazine rings is 1. The number of allylic oxidation sites excluding steroid dienone is 1. The Morgan fingerprint density at radius 1 is 1.15 bits per heavy atom. The SMILES string of the molecule is CCOC(=O)N1CCN(c2ccnc3c2C=C(c2ccc(C)nc2)C3)CC1. The van der Waals surface area contributed by atoms with Crippen molar-refractivity contribution in [3.05, 3.63) is 53.1 Å². The van der Waals surface area contributed by atoms with Gasteiger partial charge in [0.1, 0.15) is 0 Å². The highest BCUT2D eigenvalue weighted by Crippen LogP contribution is 2.36. The number of ether oxygens (including phenoxy) is 1. The lowest BCUT2D eigenvalue weighted by Gasteiger charge is -2.36. The van der Waals surface area contributed by atoms with E-state index in [0.717, 1.165) is 36.5 Å². The van der Waals surface area contributed by atoms with Gasteiger partial charge in [-0.2, -0.15) is 0 Å². The van der Waals surface area contributed by atoms with E-state index in [1.54, 1.807) is 4.90 Å². The van der Waals surface area contributed by atoms with Crippen LogP contribution in [-0.2, 0) is 11.2 Å². The number of rotatable bonds is 3. The molecule has 1 aliphatic carbocycles. The van der Waals surface area contributed by atoms with E-state index in [1.807, 2.05) is 32.3 Å². The first-order chi connectivity index (χ1) is 13.2. The standard InChI is InChI=1S/C21H24N4O2/c1-3-27-21(26)25-10-8-24(9-11-25)20-6-7-22-19-13-17(12-18(19)20)16-5-4-15(2)23-14-16/h4-7,12,14H,3,8-11,13H2,1-2H3. The van der Waals surface area contributed by atoms with Gasteiger partial charge in [0.15, 0.2) is 0 Å². The zero-order valence-corrected chi connectivity index (χ0v) is 15.8. The van der Waals surface area contributed by atoms with Crippen LogP contribution < -0.4 is 4.90 Å². The van der Waals surface area contributed by atoms with Gasteiger partial charge in [-0.1, -0.05) is 6.07 Å². The van der Waals surface area contributed by atoms with Crippen LogP contribution in [0.2, 0.25) is 0 Å². The molecule has 3 heterocycles. The quantitative estimate of drug-likeness (QED) is 0.837. The summed E-state index contributed by atoms with van der Waals surface area (Å²) in [6, 6.07) is 6.24. The first kappa shape index (κ1) is 17.5. The maximum absolute atomic E-state index is 11.9. The van der Waals surface area contributed by atoms with Crippen LogP contribution in [-0.4, -0.2) is 53.7 Å². The van der Waals surface area contributed by atoms with E-state index in [0.29, 0.717) is 19.7 Å². The van der Waals surface area contributed by atoms with E-state index in [1.165, 1.54) is 16.8 Å². The first-order valence-corrected chi connectivity index (χ1v) is 9.44. The number of aromatic nitrogens is 2. The molecule has 2 aromatic rings. The van der Waals surface area contributed by atoms with Crippen LogP contribution in [0.25, 0.3) is 11.6 Å². The number of carbonyl (C=O) groups excluding carboxylic acids is 1. The highest BCUT2D eigenvalue weighted by molar-refractivity contribution is 5.91. The van der Waals surface area contributed by atoms with Crippen LogP contribution in [0.1, 0.15) is 29.4 Å². The topological polar surface area (TPSA) is 58.6 Å². The predicted molar refractivity (Wildman–Crippen MR) is 106 cm³/mol. The molecule has 1 aliphatic heterocycles. The van der Waals surface area contributed by atoms with Crippen LogP contribution in [0, 0.1) is 6.92 Å². The average Bonchev–Trinajstić information content (AvgIpc) is 3.13. The summed E-state index contributed by atoms with van der Waals surface area (Å²) < 4.78 is 5.11. The van der Waals surface area contributed by atoms with E-state index in [4.69, 9.17) is 4.74 Å². The van der Waals surface area contributed by atoms with Crippen molar-refractivity contribution in [3.63, 3.8) is 0 Å². The van der Waals surface area contributed by atoms with Crippen molar-refractivity contribution in [1.29, 1.82) is 0 Å². The zero-order chi connectivity index (χ0) is 18.8. The fourth-order valence-electron chi connectivity index (χ4n) is 3.67. The summed E-state index contributed by atoms with van der Waals surface area (Å²) in [5.41, 5.74) is 6.92. The largest absolute Gasteiger partial charge is 0.450 e. The predicted octanol–water partition coefficient (Wildman–Crippen LogP) is 3.16. The molecule has 0 N–H and O–H groups in total. The fraction of sp³-hybridized carbons (Fsp3) is 0.381. The lowest BCUT2D eigenvalue weighted by molar-refractivity contribution is 0.105. The molecule has 0 saturated carbocycles. The molecule has 2 aliphatic rings. The third-order valence-electron chi connectivity index (χ3n) is 5.15. The van der Waals surface area contributed by atoms with Gasteiger partial charge in [-0.05, 0) is 43.2 Å². The van der Waals surface area contributed by atoms with Gasteiger partial charge in [0.2, 0.25) is 0 Å². The van der Waals surface area contributed by atoms with E-state index >= 15 is 0 Å². The summed E-state index contributed by atoms with van der Waals surface area (Å²) in [6.07, 6.45) is 6.67. The fourth-order valence-corrected chi connectivity index (χ4v) is 3.67. The van der Waals surface area contributed by atoms with Crippen LogP contribution in [0.15, 0.2) is 30.6 Å². The number of pyridine rings is 2. The highest BCUT2D eigenvalue weighted by Gasteiger charge is 2.26. The van der Waals surface area contributed by atoms with Gasteiger partial charge in [-0.15, -0.1) is 0 Å². The minimum atomic E-state index is -0.217. The number of fused-ring (bicyclic) bond motifs is 1. The molecule has 140 valence electrons. The van der Waals surface area contributed by atoms with Crippen LogP contribution in [0.4, 0.5) is 10.5 Å². The molecular weight excluding hydrogens is 340 g/mol. The van der Waals surface area contributed by atoms with Gasteiger partial charge < -0.3 is 14.5 Å². The molecule has 1 fully saturated rings. The second-order valence-corrected chi connectivity index (χ2v) is 6.90. The van der Waals surface area contributed by atoms with Gasteiger partial charge in [-0.3, -0.25) is 9.97 Å². The molecular formula is C21H24N4O2. The highest BCUT2D eigenvalue weighted by atomic mass is 16.6. The van der Waals surface area contributed by atoms with Crippen LogP contribution >= 0.6 is 0 Å². The van der Waals surface area contributed by atoms with E-state index in [-0.39, 0.29) is 6.09 Å². The molecule has 2 aromatic heterocycles. The van der Waals surface area contributed by atoms with Crippen molar-refractivity contribution in [2.75, 3.05) is 37.7 Å². The molecule has 0 spiro atoms. The smallest absolute Gasteiger partial charge is 0.409 e. The van der Waals surface area contributed by atoms with Gasteiger partial charge in [0.05, 0.1) is 12.3 Å². The third kappa shape index (κ3) is 3.52. The molecule has 0 atom stereocenters. The molecule has 1 amide bonds. The third-order valence-corrected chi connectivity index (χ3v) is 5.15. The van der Waals surface area contributed by atoms with Gasteiger partial charge >= 0.3 is 6.09 Å². The van der Waals surface area contributed by atoms with Crippen LogP contribution in [0.5, 0.6) is 0 Å². The summed E-state index contributed by atoms with van der Waals surface area (Å²) in [4.78, 5) is 25.0. The number of carbonyl (C=O) groups is 1. The van der Waals surface area contributed by atoms with Crippen molar-refractivity contribution >= 4 is 23.4 Å². The minimum Gasteiger partial charge on any atom is -0.450 e. The Bertz CT molecular complexity index is 868. The van der Waals surface area contributed by atoms with E-state index in [9.17, 15) is 4.79 Å². The van der Waals surface area contributed by atoms with Crippen LogP contribution in [0.3, 0.4) is 0 Å². The van der Waals surface area contributed by atoms with Gasteiger partial charge in [0, 0.05) is 61.9 Å². The van der Waals surface area contributed by atoms with Crippen molar-refractivity contribution in [3.8, 4) is 0 Å². The number of hydrogen-bond acceptors (Lipinski definition) is 5. The molecule has 0 unspecified atom stereocenters. The molecule has 0 radical (unpaired) electrons. The normalized spacial score (nSPS) is 16.1. The Morgan fingerprint density at radius 3 is 2.67 bits per heavy atom. The maximum atomic E-state index is 11.9. The number of hydrogen-bond donors (Lipinski definition) is 0. The average molecular weight is 364 g/mol. The summed E-state index contributed by atoms with van der Waals surface area (Å²) in [5.74, 6) is 0. The first-order valence-electron chi connectivity index (χ1n) is 9.44. The molecule has 1 saturated heterocycles. The molecule has 27 heavy (non-hydrogen) atoms. The number of nitrogens with zero attached hydrogens (tertiary/aromatic N) is 4. The maximum Gasteiger partial charge on any atom is 0.409 e. The Hall–Kier alpha value is -2.89. The summed E-state index contributed by atoms with van der Waals surface area (Å²) >= 11 is 0. The van der Waals surface area contributed by atoms with Gasteiger partial charge in [-0.25, -0.2) is 4.79 Å². The molecule has 6 nitrogen and oxygen atoms in total.